The topological polar surface area (TPSA) is 68.1 Å². The zero-order valence-corrected chi connectivity index (χ0v) is 10.3. The maximum absolute atomic E-state index is 12.0. The minimum atomic E-state index is -1.52. The summed E-state index contributed by atoms with van der Waals surface area (Å²) in [5.74, 6) is -1.38. The van der Waals surface area contributed by atoms with Crippen LogP contribution in [0.15, 0.2) is 40.6 Å². The molecule has 0 fully saturated rings. The number of azo groups is 1. The summed E-state index contributed by atoms with van der Waals surface area (Å²) in [5.41, 5.74) is -0.654. The van der Waals surface area contributed by atoms with Crippen molar-refractivity contribution in [3.8, 4) is 0 Å². The van der Waals surface area contributed by atoms with Crippen LogP contribution in [0.1, 0.15) is 18.4 Å². The number of carbonyl (C=O) groups excluding carboxylic acids is 2. The summed E-state index contributed by atoms with van der Waals surface area (Å²) < 4.78 is 4.74. The van der Waals surface area contributed by atoms with Crippen LogP contribution in [-0.4, -0.2) is 30.9 Å². The fourth-order valence-corrected chi connectivity index (χ4v) is 2.27. The van der Waals surface area contributed by atoms with Gasteiger partial charge in [0.15, 0.2) is 5.78 Å². The first-order valence-corrected chi connectivity index (χ1v) is 5.66. The van der Waals surface area contributed by atoms with E-state index in [0.717, 1.165) is 5.56 Å². The number of ketones is 1. The van der Waals surface area contributed by atoms with Crippen LogP contribution in [-0.2, 0) is 14.3 Å². The van der Waals surface area contributed by atoms with Crippen molar-refractivity contribution in [3.05, 3.63) is 35.9 Å². The molecule has 2 atom stereocenters. The summed E-state index contributed by atoms with van der Waals surface area (Å²) >= 11 is 0. The second kappa shape index (κ2) is 4.68. The zero-order chi connectivity index (χ0) is 13.2. The van der Waals surface area contributed by atoms with Crippen molar-refractivity contribution in [2.45, 2.75) is 18.4 Å². The molecule has 18 heavy (non-hydrogen) atoms. The number of hydrogen-bond donors (Lipinski definition) is 0. The van der Waals surface area contributed by atoms with Crippen LogP contribution in [0.4, 0.5) is 0 Å². The van der Waals surface area contributed by atoms with E-state index in [2.05, 4.69) is 10.2 Å². The molecule has 5 nitrogen and oxygen atoms in total. The Hall–Kier alpha value is -2.04. The Kier molecular flexibility index (Phi) is 3.23. The SMILES string of the molecule is COC(=O)[C@]1(C(C)=O)N=NC[C@@H]1c1ccccc1. The van der Waals surface area contributed by atoms with Crippen molar-refractivity contribution >= 4 is 11.8 Å². The number of Topliss-reactive ketones (excluding diaryl/α,β-unsaturated/α-hetero) is 1. The van der Waals surface area contributed by atoms with Gasteiger partial charge >= 0.3 is 5.97 Å². The molecule has 1 aromatic carbocycles. The Labute approximate surface area is 105 Å². The Morgan fingerprint density at radius 2 is 2.00 bits per heavy atom. The second-order valence-corrected chi connectivity index (χ2v) is 4.20. The lowest BCUT2D eigenvalue weighted by Crippen LogP contribution is -2.48. The lowest BCUT2D eigenvalue weighted by atomic mass is 9.78. The van der Waals surface area contributed by atoms with Crippen LogP contribution in [0, 0.1) is 0 Å². The minimum Gasteiger partial charge on any atom is -0.467 e. The number of carbonyl (C=O) groups is 2. The number of rotatable bonds is 3. The fraction of sp³-hybridized carbons (Fsp3) is 0.385. The van der Waals surface area contributed by atoms with Crippen molar-refractivity contribution in [1.82, 2.24) is 0 Å². The van der Waals surface area contributed by atoms with Crippen LogP contribution >= 0.6 is 0 Å². The molecule has 0 radical (unpaired) electrons. The Bertz CT molecular complexity index is 498. The normalized spacial score (nSPS) is 26.0. The molecule has 0 spiro atoms. The summed E-state index contributed by atoms with van der Waals surface area (Å²) in [5, 5.41) is 7.78. The first-order valence-electron chi connectivity index (χ1n) is 5.66. The number of esters is 1. The van der Waals surface area contributed by atoms with Gasteiger partial charge in [-0.2, -0.15) is 10.2 Å². The lowest BCUT2D eigenvalue weighted by Gasteiger charge is -2.26. The van der Waals surface area contributed by atoms with Crippen LogP contribution in [0.25, 0.3) is 0 Å². The van der Waals surface area contributed by atoms with Gasteiger partial charge in [0.1, 0.15) is 0 Å². The highest BCUT2D eigenvalue weighted by atomic mass is 16.5. The first kappa shape index (κ1) is 12.4. The molecule has 5 heteroatoms. The molecule has 2 rings (SSSR count). The molecule has 1 aliphatic heterocycles. The average molecular weight is 246 g/mol. The van der Waals surface area contributed by atoms with Gasteiger partial charge in [-0.15, -0.1) is 0 Å². The van der Waals surface area contributed by atoms with Gasteiger partial charge in [0, 0.05) is 0 Å². The predicted molar refractivity (Wildman–Crippen MR) is 64.3 cm³/mol. The van der Waals surface area contributed by atoms with E-state index in [-0.39, 0.29) is 11.7 Å². The molecular weight excluding hydrogens is 232 g/mol. The van der Waals surface area contributed by atoms with Crippen LogP contribution in [0.3, 0.4) is 0 Å². The van der Waals surface area contributed by atoms with E-state index in [4.69, 9.17) is 4.74 Å². The lowest BCUT2D eigenvalue weighted by molar-refractivity contribution is -0.151. The van der Waals surface area contributed by atoms with Crippen molar-refractivity contribution in [1.29, 1.82) is 0 Å². The first-order chi connectivity index (χ1) is 8.63. The van der Waals surface area contributed by atoms with E-state index in [0.29, 0.717) is 6.54 Å². The summed E-state index contributed by atoms with van der Waals surface area (Å²) in [6.07, 6.45) is 0. The highest BCUT2D eigenvalue weighted by Crippen LogP contribution is 2.38. The van der Waals surface area contributed by atoms with E-state index in [9.17, 15) is 9.59 Å². The number of methoxy groups -OCH3 is 1. The molecule has 0 amide bonds. The molecule has 0 aromatic heterocycles. The van der Waals surface area contributed by atoms with E-state index in [1.165, 1.54) is 14.0 Å². The second-order valence-electron chi connectivity index (χ2n) is 4.20. The van der Waals surface area contributed by atoms with Gasteiger partial charge in [-0.25, -0.2) is 4.79 Å². The third kappa shape index (κ3) is 1.72. The number of ether oxygens (including phenoxy) is 1. The van der Waals surface area contributed by atoms with Gasteiger partial charge in [-0.05, 0) is 12.5 Å². The quantitative estimate of drug-likeness (QED) is 0.602. The summed E-state index contributed by atoms with van der Waals surface area (Å²) in [6, 6.07) is 9.31. The maximum atomic E-state index is 12.0. The molecule has 1 heterocycles. The standard InChI is InChI=1S/C13H14N2O3/c1-9(16)13(12(17)18-2)11(8-14-15-13)10-6-4-3-5-7-10/h3-7,11H,8H2,1-2H3/t11-,13-/m1/s1. The van der Waals surface area contributed by atoms with Gasteiger partial charge in [0.25, 0.3) is 0 Å². The summed E-state index contributed by atoms with van der Waals surface area (Å²) in [7, 11) is 1.25. The molecule has 94 valence electrons. The van der Waals surface area contributed by atoms with E-state index < -0.39 is 11.5 Å². The largest absolute Gasteiger partial charge is 0.467 e. The van der Waals surface area contributed by atoms with E-state index in [1.54, 1.807) is 0 Å². The highest BCUT2D eigenvalue weighted by Gasteiger charge is 2.55. The summed E-state index contributed by atoms with van der Waals surface area (Å²) in [6.45, 7) is 1.66. The molecule has 0 N–H and O–H groups in total. The fourth-order valence-electron chi connectivity index (χ4n) is 2.27. The van der Waals surface area contributed by atoms with Gasteiger partial charge in [0.05, 0.1) is 19.6 Å². The van der Waals surface area contributed by atoms with Crippen LogP contribution in [0.2, 0.25) is 0 Å². The molecule has 0 aliphatic carbocycles. The van der Waals surface area contributed by atoms with E-state index >= 15 is 0 Å². The van der Waals surface area contributed by atoms with Crippen molar-refractivity contribution in [3.63, 3.8) is 0 Å². The number of hydrogen-bond acceptors (Lipinski definition) is 5. The zero-order valence-electron chi connectivity index (χ0n) is 10.3. The summed E-state index contributed by atoms with van der Waals surface area (Å²) in [4.78, 5) is 23.9. The minimum absolute atomic E-state index is 0.318. The smallest absolute Gasteiger partial charge is 0.344 e. The highest BCUT2D eigenvalue weighted by molar-refractivity contribution is 6.09. The molecule has 0 bridgehead atoms. The Balaban J connectivity index is 2.49. The van der Waals surface area contributed by atoms with Crippen LogP contribution in [0.5, 0.6) is 0 Å². The van der Waals surface area contributed by atoms with Crippen molar-refractivity contribution in [2.75, 3.05) is 13.7 Å². The van der Waals surface area contributed by atoms with E-state index in [1.807, 2.05) is 30.3 Å². The molecule has 0 saturated carbocycles. The van der Waals surface area contributed by atoms with Gasteiger partial charge in [0.2, 0.25) is 5.54 Å². The molecule has 0 unspecified atom stereocenters. The van der Waals surface area contributed by atoms with Crippen molar-refractivity contribution < 1.29 is 14.3 Å². The Morgan fingerprint density at radius 1 is 1.33 bits per heavy atom. The number of benzene rings is 1. The van der Waals surface area contributed by atoms with Crippen LogP contribution < -0.4 is 0 Å². The molecule has 1 aromatic rings. The predicted octanol–water partition coefficient (Wildman–Crippen LogP) is 1.74. The third-order valence-electron chi connectivity index (χ3n) is 3.23. The van der Waals surface area contributed by atoms with Gasteiger partial charge < -0.3 is 4.74 Å². The van der Waals surface area contributed by atoms with Gasteiger partial charge in [-0.3, -0.25) is 4.79 Å². The third-order valence-corrected chi connectivity index (χ3v) is 3.23. The molecule has 1 aliphatic rings. The number of nitrogens with zero attached hydrogens (tertiary/aromatic N) is 2. The molecular formula is C13H14N2O3. The monoisotopic (exact) mass is 246 g/mol. The molecule has 0 saturated heterocycles. The van der Waals surface area contributed by atoms with Crippen molar-refractivity contribution in [2.24, 2.45) is 10.2 Å². The Morgan fingerprint density at radius 3 is 2.56 bits per heavy atom. The average Bonchev–Trinajstić information content (AvgIpc) is 2.84. The maximum Gasteiger partial charge on any atom is 0.344 e. The van der Waals surface area contributed by atoms with Gasteiger partial charge in [-0.1, -0.05) is 30.3 Å².